The van der Waals surface area contributed by atoms with Crippen molar-refractivity contribution in [3.63, 3.8) is 0 Å². The Balaban J connectivity index is 2.26. The van der Waals surface area contributed by atoms with Gasteiger partial charge < -0.3 is 10.8 Å². The maximum atomic E-state index is 10.3. The molecule has 2 aromatic rings. The van der Waals surface area contributed by atoms with Crippen LogP contribution in [0.5, 0.6) is 0 Å². The monoisotopic (exact) mass is 265 g/mol. The first-order valence-electron chi connectivity index (χ1n) is 5.87. The lowest BCUT2D eigenvalue weighted by atomic mass is 10.0. The topological polar surface area (TPSA) is 64.1 Å². The predicted molar refractivity (Wildman–Crippen MR) is 72.4 cm³/mol. The molecule has 0 saturated carbocycles. The van der Waals surface area contributed by atoms with Gasteiger partial charge >= 0.3 is 0 Å². The summed E-state index contributed by atoms with van der Waals surface area (Å²) in [5.74, 6) is 0. The van der Waals surface area contributed by atoms with E-state index in [2.05, 4.69) is 12.0 Å². The molecule has 3 N–H and O–H groups in total. The highest BCUT2D eigenvalue weighted by Crippen LogP contribution is 2.28. The third-order valence-corrected chi connectivity index (χ3v) is 3.00. The van der Waals surface area contributed by atoms with Gasteiger partial charge in [-0.15, -0.1) is 0 Å². The van der Waals surface area contributed by atoms with Crippen molar-refractivity contribution in [2.45, 2.75) is 26.0 Å². The number of nitrogens with zero attached hydrogens (tertiary/aromatic N) is 2. The van der Waals surface area contributed by atoms with E-state index in [0.29, 0.717) is 16.3 Å². The third kappa shape index (κ3) is 2.66. The van der Waals surface area contributed by atoms with Gasteiger partial charge in [0, 0.05) is 34.6 Å². The fraction of sp³-hybridized carbons (Fsp3) is 0.308. The van der Waals surface area contributed by atoms with Crippen molar-refractivity contribution in [3.8, 4) is 0 Å². The lowest BCUT2D eigenvalue weighted by molar-refractivity contribution is 0.221. The second-order valence-corrected chi connectivity index (χ2v) is 4.65. The number of nitrogens with two attached hydrogens (primary N) is 1. The second kappa shape index (κ2) is 5.42. The molecule has 0 amide bonds. The summed E-state index contributed by atoms with van der Waals surface area (Å²) in [6, 6.07) is 5.09. The summed E-state index contributed by atoms with van der Waals surface area (Å²) in [6.07, 6.45) is 3.73. The third-order valence-electron chi connectivity index (χ3n) is 2.77. The standard InChI is InChI=1S/C13H16ClN3O/c1-2-5-17-8-9(7-16-17)13(18)11-4-3-10(14)6-12(11)15/h3-4,6-8,13,18H,2,5,15H2,1H3. The first-order valence-corrected chi connectivity index (χ1v) is 6.25. The van der Waals surface area contributed by atoms with Crippen molar-refractivity contribution in [2.24, 2.45) is 0 Å². The van der Waals surface area contributed by atoms with Crippen LogP contribution in [0.3, 0.4) is 0 Å². The lowest BCUT2D eigenvalue weighted by Gasteiger charge is -2.11. The van der Waals surface area contributed by atoms with Gasteiger partial charge in [0.15, 0.2) is 0 Å². The first-order chi connectivity index (χ1) is 8.61. The van der Waals surface area contributed by atoms with Crippen molar-refractivity contribution in [2.75, 3.05) is 5.73 Å². The van der Waals surface area contributed by atoms with Crippen LogP contribution in [0.2, 0.25) is 5.02 Å². The summed E-state index contributed by atoms with van der Waals surface area (Å²) in [4.78, 5) is 0. The highest BCUT2D eigenvalue weighted by molar-refractivity contribution is 6.30. The minimum atomic E-state index is -0.770. The number of aromatic nitrogens is 2. The molecule has 1 atom stereocenters. The molecule has 0 radical (unpaired) electrons. The fourth-order valence-electron chi connectivity index (χ4n) is 1.85. The van der Waals surface area contributed by atoms with Crippen LogP contribution < -0.4 is 5.73 Å². The minimum absolute atomic E-state index is 0.484. The van der Waals surface area contributed by atoms with Gasteiger partial charge in [-0.25, -0.2) is 0 Å². The number of anilines is 1. The Bertz CT molecular complexity index is 539. The zero-order valence-electron chi connectivity index (χ0n) is 10.2. The molecule has 0 saturated heterocycles. The Morgan fingerprint density at radius 1 is 1.50 bits per heavy atom. The van der Waals surface area contributed by atoms with Crippen LogP contribution in [0.15, 0.2) is 30.6 Å². The Kier molecular flexibility index (Phi) is 3.89. The number of aryl methyl sites for hydroxylation is 1. The molecule has 0 bridgehead atoms. The van der Waals surface area contributed by atoms with E-state index in [-0.39, 0.29) is 0 Å². The smallest absolute Gasteiger partial charge is 0.109 e. The summed E-state index contributed by atoms with van der Waals surface area (Å²) in [7, 11) is 0. The van der Waals surface area contributed by atoms with Crippen LogP contribution in [-0.4, -0.2) is 14.9 Å². The molecule has 1 aromatic heterocycles. The van der Waals surface area contributed by atoms with Gasteiger partial charge in [-0.1, -0.05) is 24.6 Å². The van der Waals surface area contributed by atoms with E-state index in [9.17, 15) is 5.11 Å². The summed E-state index contributed by atoms with van der Waals surface area (Å²) in [5, 5.41) is 15.0. The molecule has 0 aliphatic heterocycles. The van der Waals surface area contributed by atoms with Crippen LogP contribution in [0, 0.1) is 0 Å². The molecule has 4 nitrogen and oxygen atoms in total. The van der Waals surface area contributed by atoms with E-state index in [4.69, 9.17) is 17.3 Å². The van der Waals surface area contributed by atoms with E-state index in [1.54, 1.807) is 24.4 Å². The molecule has 1 aromatic carbocycles. The Hall–Kier alpha value is -1.52. The van der Waals surface area contributed by atoms with Crippen molar-refractivity contribution >= 4 is 17.3 Å². The quantitative estimate of drug-likeness (QED) is 0.836. The molecule has 1 unspecified atom stereocenters. The number of hydrogen-bond donors (Lipinski definition) is 2. The number of aliphatic hydroxyl groups excluding tert-OH is 1. The molecule has 0 aliphatic rings. The summed E-state index contributed by atoms with van der Waals surface area (Å²) in [6.45, 7) is 2.91. The van der Waals surface area contributed by atoms with E-state index in [0.717, 1.165) is 18.5 Å². The van der Waals surface area contributed by atoms with E-state index in [1.165, 1.54) is 0 Å². The van der Waals surface area contributed by atoms with E-state index < -0.39 is 6.10 Å². The zero-order chi connectivity index (χ0) is 13.1. The van der Waals surface area contributed by atoms with Gasteiger partial charge in [0.25, 0.3) is 0 Å². The molecule has 18 heavy (non-hydrogen) atoms. The lowest BCUT2D eigenvalue weighted by Crippen LogP contribution is -2.03. The summed E-state index contributed by atoms with van der Waals surface area (Å²) in [5.41, 5.74) is 7.72. The van der Waals surface area contributed by atoms with Crippen LogP contribution in [-0.2, 0) is 6.54 Å². The molecular weight excluding hydrogens is 250 g/mol. The minimum Gasteiger partial charge on any atom is -0.398 e. The number of hydrogen-bond acceptors (Lipinski definition) is 3. The van der Waals surface area contributed by atoms with Crippen LogP contribution in [0.1, 0.15) is 30.6 Å². The highest BCUT2D eigenvalue weighted by atomic mass is 35.5. The van der Waals surface area contributed by atoms with Crippen molar-refractivity contribution < 1.29 is 5.11 Å². The van der Waals surface area contributed by atoms with E-state index in [1.807, 2.05) is 10.9 Å². The van der Waals surface area contributed by atoms with Crippen LogP contribution in [0.25, 0.3) is 0 Å². The number of halogens is 1. The first kappa shape index (κ1) is 12.9. The molecule has 0 fully saturated rings. The maximum Gasteiger partial charge on any atom is 0.109 e. The van der Waals surface area contributed by atoms with Gasteiger partial charge in [0.2, 0.25) is 0 Å². The van der Waals surface area contributed by atoms with Crippen LogP contribution in [0.4, 0.5) is 5.69 Å². The van der Waals surface area contributed by atoms with Gasteiger partial charge in [-0.3, -0.25) is 4.68 Å². The summed E-state index contributed by atoms with van der Waals surface area (Å²) < 4.78 is 1.81. The van der Waals surface area contributed by atoms with Crippen molar-refractivity contribution in [1.82, 2.24) is 9.78 Å². The average Bonchev–Trinajstić information content (AvgIpc) is 2.77. The Morgan fingerprint density at radius 2 is 2.28 bits per heavy atom. The number of aliphatic hydroxyl groups is 1. The fourth-order valence-corrected chi connectivity index (χ4v) is 2.03. The van der Waals surface area contributed by atoms with Gasteiger partial charge in [0.1, 0.15) is 6.10 Å². The normalized spacial score (nSPS) is 12.6. The van der Waals surface area contributed by atoms with Gasteiger partial charge in [-0.05, 0) is 18.6 Å². The molecule has 0 spiro atoms. The molecule has 2 rings (SSSR count). The summed E-state index contributed by atoms with van der Waals surface area (Å²) >= 11 is 5.83. The molecule has 96 valence electrons. The number of benzene rings is 1. The SMILES string of the molecule is CCCn1cc(C(O)c2ccc(Cl)cc2N)cn1. The molecule has 1 heterocycles. The van der Waals surface area contributed by atoms with E-state index >= 15 is 0 Å². The highest BCUT2D eigenvalue weighted by Gasteiger charge is 2.15. The zero-order valence-corrected chi connectivity index (χ0v) is 10.9. The van der Waals surface area contributed by atoms with Crippen molar-refractivity contribution in [1.29, 1.82) is 0 Å². The van der Waals surface area contributed by atoms with Gasteiger partial charge in [0.05, 0.1) is 6.20 Å². The predicted octanol–water partition coefficient (Wildman–Crippen LogP) is 2.61. The van der Waals surface area contributed by atoms with Crippen LogP contribution >= 0.6 is 11.6 Å². The molecule has 0 aliphatic carbocycles. The number of nitrogen functional groups attached to an aromatic ring is 1. The molecule has 5 heteroatoms. The Labute approximate surface area is 111 Å². The second-order valence-electron chi connectivity index (χ2n) is 4.21. The molecular formula is C13H16ClN3O. The van der Waals surface area contributed by atoms with Gasteiger partial charge in [-0.2, -0.15) is 5.10 Å². The Morgan fingerprint density at radius 3 is 2.94 bits per heavy atom. The maximum absolute atomic E-state index is 10.3. The largest absolute Gasteiger partial charge is 0.398 e. The van der Waals surface area contributed by atoms with Crippen molar-refractivity contribution in [3.05, 3.63) is 46.7 Å². The average molecular weight is 266 g/mol. The number of rotatable bonds is 4.